The molecule has 0 aromatic carbocycles. The van der Waals surface area contributed by atoms with Crippen molar-refractivity contribution in [1.29, 1.82) is 0 Å². The predicted molar refractivity (Wildman–Crippen MR) is 85.5 cm³/mol. The molecule has 0 radical (unpaired) electrons. The molecule has 2 saturated heterocycles. The third kappa shape index (κ3) is 4.33. The quantitative estimate of drug-likeness (QED) is 0.522. The predicted octanol–water partition coefficient (Wildman–Crippen LogP) is -2.26. The lowest BCUT2D eigenvalue weighted by Gasteiger charge is -2.28. The van der Waals surface area contributed by atoms with E-state index in [0.29, 0.717) is 32.8 Å². The number of nitrogens with one attached hydrogen (secondary N) is 1. The van der Waals surface area contributed by atoms with E-state index >= 15 is 0 Å². The van der Waals surface area contributed by atoms with Gasteiger partial charge >= 0.3 is 0 Å². The summed E-state index contributed by atoms with van der Waals surface area (Å²) in [6.07, 6.45) is -1.74. The lowest BCUT2D eigenvalue weighted by molar-refractivity contribution is -0.139. The highest BCUT2D eigenvalue weighted by Gasteiger charge is 2.44. The van der Waals surface area contributed by atoms with Crippen LogP contribution in [-0.2, 0) is 27.4 Å². The van der Waals surface area contributed by atoms with Crippen LogP contribution in [0.4, 0.5) is 0 Å². The van der Waals surface area contributed by atoms with E-state index in [4.69, 9.17) is 9.47 Å². The molecule has 10 heteroatoms. The minimum Gasteiger partial charge on any atom is -0.388 e. The summed E-state index contributed by atoms with van der Waals surface area (Å²) in [5.41, 5.74) is 0.773. The molecule has 3 rings (SSSR count). The molecule has 1 aromatic rings. The highest BCUT2D eigenvalue weighted by Crippen LogP contribution is 2.25. The van der Waals surface area contributed by atoms with Gasteiger partial charge in [0.15, 0.2) is 0 Å². The SMILES string of the molecule is CNCc1cn(C[C@@H]2O[C@@H](CC(=O)N3CCOCC3)[C@H](O)[C@@H]2O)nn1. The van der Waals surface area contributed by atoms with Crippen LogP contribution >= 0.6 is 0 Å². The van der Waals surface area contributed by atoms with Crippen LogP contribution in [0.15, 0.2) is 6.20 Å². The van der Waals surface area contributed by atoms with Gasteiger partial charge in [-0.3, -0.25) is 4.79 Å². The number of morpholine rings is 1. The largest absolute Gasteiger partial charge is 0.388 e. The number of aliphatic hydroxyl groups excluding tert-OH is 2. The van der Waals surface area contributed by atoms with Crippen molar-refractivity contribution in [2.75, 3.05) is 33.4 Å². The number of carbonyl (C=O) groups is 1. The second kappa shape index (κ2) is 8.19. The van der Waals surface area contributed by atoms with E-state index in [9.17, 15) is 15.0 Å². The number of nitrogens with zero attached hydrogens (tertiary/aromatic N) is 4. The molecule has 0 unspecified atom stereocenters. The number of aliphatic hydroxyl groups is 2. The molecule has 2 aliphatic rings. The lowest BCUT2D eigenvalue weighted by Crippen LogP contribution is -2.43. The maximum Gasteiger partial charge on any atom is 0.225 e. The number of aromatic nitrogens is 3. The lowest BCUT2D eigenvalue weighted by atomic mass is 10.0. The molecule has 25 heavy (non-hydrogen) atoms. The monoisotopic (exact) mass is 355 g/mol. The normalized spacial score (nSPS) is 30.0. The van der Waals surface area contributed by atoms with Crippen molar-refractivity contribution in [3.05, 3.63) is 11.9 Å². The van der Waals surface area contributed by atoms with Crippen LogP contribution in [0.25, 0.3) is 0 Å². The van der Waals surface area contributed by atoms with Crippen LogP contribution in [0.1, 0.15) is 12.1 Å². The topological polar surface area (TPSA) is 122 Å². The summed E-state index contributed by atoms with van der Waals surface area (Å²) in [7, 11) is 1.81. The van der Waals surface area contributed by atoms with Gasteiger partial charge in [0, 0.05) is 25.8 Å². The van der Waals surface area contributed by atoms with Gasteiger partial charge in [-0.2, -0.15) is 0 Å². The molecule has 1 amide bonds. The average Bonchev–Trinajstić information content (AvgIpc) is 3.16. The molecule has 0 bridgehead atoms. The van der Waals surface area contributed by atoms with E-state index < -0.39 is 24.4 Å². The molecule has 0 spiro atoms. The van der Waals surface area contributed by atoms with Gasteiger partial charge in [-0.15, -0.1) is 5.10 Å². The van der Waals surface area contributed by atoms with Gasteiger partial charge in [0.25, 0.3) is 0 Å². The highest BCUT2D eigenvalue weighted by molar-refractivity contribution is 5.77. The van der Waals surface area contributed by atoms with Gasteiger partial charge in [-0.1, -0.05) is 5.21 Å². The van der Waals surface area contributed by atoms with Crippen LogP contribution in [0.2, 0.25) is 0 Å². The molecule has 2 aliphatic heterocycles. The molecule has 3 heterocycles. The smallest absolute Gasteiger partial charge is 0.225 e. The Morgan fingerprint density at radius 3 is 2.76 bits per heavy atom. The van der Waals surface area contributed by atoms with E-state index in [2.05, 4.69) is 15.6 Å². The summed E-state index contributed by atoms with van der Waals surface area (Å²) in [6, 6.07) is 0. The maximum atomic E-state index is 12.3. The van der Waals surface area contributed by atoms with E-state index in [0.717, 1.165) is 5.69 Å². The standard InChI is InChI=1S/C15H25N5O5/c1-16-7-10-8-20(18-17-10)9-12-15(23)14(22)11(25-12)6-13(21)19-2-4-24-5-3-19/h8,11-12,14-16,22-23H,2-7,9H2,1H3/t11-,12-,14-,15+/m0/s1. The minimum absolute atomic E-state index is 0.0388. The van der Waals surface area contributed by atoms with E-state index in [1.54, 1.807) is 15.8 Å². The van der Waals surface area contributed by atoms with Crippen molar-refractivity contribution in [2.24, 2.45) is 0 Å². The van der Waals surface area contributed by atoms with E-state index in [-0.39, 0.29) is 18.9 Å². The third-order valence-corrected chi connectivity index (χ3v) is 4.51. The molecule has 140 valence electrons. The van der Waals surface area contributed by atoms with E-state index in [1.165, 1.54) is 0 Å². The van der Waals surface area contributed by atoms with Gasteiger partial charge in [-0.05, 0) is 7.05 Å². The van der Waals surface area contributed by atoms with Crippen LogP contribution in [-0.4, -0.2) is 93.8 Å². The second-order valence-electron chi connectivity index (χ2n) is 6.35. The summed E-state index contributed by atoms with van der Waals surface area (Å²) in [4.78, 5) is 14.0. The Balaban J connectivity index is 1.55. The summed E-state index contributed by atoms with van der Waals surface area (Å²) in [6.45, 7) is 2.98. The Labute approximate surface area is 145 Å². The van der Waals surface area contributed by atoms with E-state index in [1.807, 2.05) is 7.05 Å². The van der Waals surface area contributed by atoms with Gasteiger partial charge in [-0.25, -0.2) is 4.68 Å². The van der Waals surface area contributed by atoms with Crippen molar-refractivity contribution in [2.45, 2.75) is 43.9 Å². The molecule has 2 fully saturated rings. The molecular formula is C15H25N5O5. The Bertz CT molecular complexity index is 576. The Morgan fingerprint density at radius 2 is 2.04 bits per heavy atom. The zero-order valence-electron chi connectivity index (χ0n) is 14.2. The van der Waals surface area contributed by atoms with Crippen LogP contribution in [0.5, 0.6) is 0 Å². The first-order valence-corrected chi connectivity index (χ1v) is 8.49. The van der Waals surface area contributed by atoms with Crippen molar-refractivity contribution in [1.82, 2.24) is 25.2 Å². The van der Waals surface area contributed by atoms with Crippen molar-refractivity contribution in [3.8, 4) is 0 Å². The summed E-state index contributed by atoms with van der Waals surface area (Å²) in [5, 5.41) is 31.4. The first-order valence-electron chi connectivity index (χ1n) is 8.49. The molecule has 0 aliphatic carbocycles. The van der Waals surface area contributed by atoms with Gasteiger partial charge in [0.2, 0.25) is 5.91 Å². The maximum absolute atomic E-state index is 12.3. The first-order chi connectivity index (χ1) is 12.1. The molecule has 0 saturated carbocycles. The molecule has 3 N–H and O–H groups in total. The highest BCUT2D eigenvalue weighted by atomic mass is 16.5. The van der Waals surface area contributed by atoms with Crippen molar-refractivity contribution >= 4 is 5.91 Å². The zero-order valence-corrected chi connectivity index (χ0v) is 14.2. The van der Waals surface area contributed by atoms with Crippen molar-refractivity contribution in [3.63, 3.8) is 0 Å². The second-order valence-corrected chi connectivity index (χ2v) is 6.35. The molecule has 4 atom stereocenters. The third-order valence-electron chi connectivity index (χ3n) is 4.51. The van der Waals surface area contributed by atoms with Gasteiger partial charge in [0.05, 0.1) is 38.0 Å². The minimum atomic E-state index is -1.10. The number of ether oxygens (including phenoxy) is 2. The Morgan fingerprint density at radius 1 is 1.32 bits per heavy atom. The van der Waals surface area contributed by atoms with Crippen LogP contribution in [0, 0.1) is 0 Å². The van der Waals surface area contributed by atoms with Crippen molar-refractivity contribution < 1.29 is 24.5 Å². The Hall–Kier alpha value is -1.59. The van der Waals surface area contributed by atoms with Crippen LogP contribution < -0.4 is 5.32 Å². The fraction of sp³-hybridized carbons (Fsp3) is 0.800. The number of rotatable bonds is 6. The van der Waals surface area contributed by atoms with Crippen LogP contribution in [0.3, 0.4) is 0 Å². The number of hydrogen-bond acceptors (Lipinski definition) is 8. The van der Waals surface area contributed by atoms with Gasteiger partial charge in [0.1, 0.15) is 18.3 Å². The Kier molecular flexibility index (Phi) is 5.97. The molecule has 10 nitrogen and oxygen atoms in total. The number of amides is 1. The summed E-state index contributed by atoms with van der Waals surface area (Å²) in [5.74, 6) is -0.0998. The number of hydrogen-bond donors (Lipinski definition) is 3. The zero-order chi connectivity index (χ0) is 17.8. The average molecular weight is 355 g/mol. The fourth-order valence-electron chi connectivity index (χ4n) is 3.13. The molecule has 1 aromatic heterocycles. The fourth-order valence-corrected chi connectivity index (χ4v) is 3.13. The number of carbonyl (C=O) groups excluding carboxylic acids is 1. The summed E-state index contributed by atoms with van der Waals surface area (Å²) >= 11 is 0. The molecular weight excluding hydrogens is 330 g/mol. The van der Waals surface area contributed by atoms with Gasteiger partial charge < -0.3 is 29.9 Å². The summed E-state index contributed by atoms with van der Waals surface area (Å²) < 4.78 is 12.5. The first kappa shape index (κ1) is 18.2.